The molecular weight excluding hydrogens is 332 g/mol. The second kappa shape index (κ2) is 7.10. The number of benzene rings is 2. The van der Waals surface area contributed by atoms with Crippen LogP contribution in [-0.2, 0) is 13.0 Å². The number of carbonyl (C=O) groups excluding carboxylic acids is 1. The van der Waals surface area contributed by atoms with Crippen LogP contribution in [0.25, 0.3) is 0 Å². The minimum atomic E-state index is -0.501. The first kappa shape index (κ1) is 16.5. The predicted octanol–water partition coefficient (Wildman–Crippen LogP) is 2.97. The summed E-state index contributed by atoms with van der Waals surface area (Å²) in [4.78, 5) is 16.8. The molecule has 25 heavy (non-hydrogen) atoms. The molecule has 2 saturated heterocycles. The molecular formula is C20H22N2O2S. The Bertz CT molecular complexity index is 725. The van der Waals surface area contributed by atoms with E-state index in [4.69, 9.17) is 0 Å². The second-order valence-corrected chi connectivity index (χ2v) is 7.76. The Kier molecular flexibility index (Phi) is 4.68. The van der Waals surface area contributed by atoms with Crippen molar-refractivity contribution in [1.29, 1.82) is 0 Å². The molecule has 2 heterocycles. The Hall–Kier alpha value is -1.98. The summed E-state index contributed by atoms with van der Waals surface area (Å²) < 4.78 is 0. The van der Waals surface area contributed by atoms with E-state index in [9.17, 15) is 9.90 Å². The van der Waals surface area contributed by atoms with Crippen LogP contribution in [0.4, 0.5) is 4.79 Å². The highest BCUT2D eigenvalue weighted by Gasteiger charge is 2.52. The lowest BCUT2D eigenvalue weighted by molar-refractivity contribution is 0.139. The highest BCUT2D eigenvalue weighted by Crippen LogP contribution is 2.38. The van der Waals surface area contributed by atoms with Gasteiger partial charge in [0.2, 0.25) is 0 Å². The maximum absolute atomic E-state index is 13.0. The van der Waals surface area contributed by atoms with Gasteiger partial charge in [-0.25, -0.2) is 4.79 Å². The zero-order valence-corrected chi connectivity index (χ0v) is 14.8. The molecule has 1 unspecified atom stereocenters. The molecule has 0 radical (unpaired) electrons. The van der Waals surface area contributed by atoms with E-state index in [-0.39, 0.29) is 18.1 Å². The van der Waals surface area contributed by atoms with Crippen LogP contribution in [0.2, 0.25) is 0 Å². The zero-order valence-electron chi connectivity index (χ0n) is 14.0. The monoisotopic (exact) mass is 354 g/mol. The van der Waals surface area contributed by atoms with Gasteiger partial charge in [0.05, 0.1) is 12.1 Å². The third-order valence-corrected chi connectivity index (χ3v) is 6.21. The smallest absolute Gasteiger partial charge is 0.321 e. The summed E-state index contributed by atoms with van der Waals surface area (Å²) in [5.41, 5.74) is 1.84. The maximum Gasteiger partial charge on any atom is 0.321 e. The first-order chi connectivity index (χ1) is 12.2. The van der Waals surface area contributed by atoms with Gasteiger partial charge in [0.15, 0.2) is 0 Å². The average Bonchev–Trinajstić information content (AvgIpc) is 3.14. The first-order valence-electron chi connectivity index (χ1n) is 8.69. The van der Waals surface area contributed by atoms with Crippen molar-refractivity contribution in [2.24, 2.45) is 0 Å². The molecule has 0 saturated carbocycles. The fraction of sp³-hybridized carbons (Fsp3) is 0.350. The van der Waals surface area contributed by atoms with Crippen LogP contribution >= 0.6 is 11.8 Å². The van der Waals surface area contributed by atoms with Gasteiger partial charge in [-0.15, -0.1) is 11.8 Å². The van der Waals surface area contributed by atoms with Gasteiger partial charge in [-0.3, -0.25) is 0 Å². The zero-order chi connectivity index (χ0) is 17.2. The Balaban J connectivity index is 1.51. The molecule has 130 valence electrons. The fourth-order valence-corrected chi connectivity index (χ4v) is 5.06. The molecule has 0 spiro atoms. The molecule has 4 nitrogen and oxygen atoms in total. The van der Waals surface area contributed by atoms with Crippen molar-refractivity contribution in [2.75, 3.05) is 12.3 Å². The van der Waals surface area contributed by atoms with Crippen molar-refractivity contribution in [2.45, 2.75) is 30.5 Å². The number of hydrogen-bond donors (Lipinski definition) is 1. The van der Waals surface area contributed by atoms with Crippen molar-refractivity contribution < 1.29 is 9.90 Å². The molecule has 2 aliphatic rings. The van der Waals surface area contributed by atoms with E-state index in [1.807, 2.05) is 58.3 Å². The average molecular weight is 354 g/mol. The number of nitrogens with zero attached hydrogens (tertiary/aromatic N) is 2. The van der Waals surface area contributed by atoms with Crippen LogP contribution in [0.15, 0.2) is 60.7 Å². The van der Waals surface area contributed by atoms with E-state index in [0.29, 0.717) is 13.1 Å². The summed E-state index contributed by atoms with van der Waals surface area (Å²) >= 11 is 1.55. The van der Waals surface area contributed by atoms with Crippen LogP contribution in [0.5, 0.6) is 0 Å². The molecule has 0 bridgehead atoms. The number of aliphatic hydroxyl groups is 1. The minimum Gasteiger partial charge on any atom is -0.380 e. The molecule has 4 rings (SSSR count). The lowest BCUT2D eigenvalue weighted by Gasteiger charge is -2.24. The number of fused-ring (bicyclic) bond motifs is 1. The largest absolute Gasteiger partial charge is 0.380 e. The molecule has 0 aliphatic carbocycles. The van der Waals surface area contributed by atoms with E-state index in [0.717, 1.165) is 17.7 Å². The summed E-state index contributed by atoms with van der Waals surface area (Å²) in [5.74, 6) is 0.803. The number of carbonyl (C=O) groups is 1. The second-order valence-electron chi connectivity index (χ2n) is 6.61. The molecule has 2 aromatic carbocycles. The summed E-state index contributed by atoms with van der Waals surface area (Å²) in [6.45, 7) is 1.25. The Morgan fingerprint density at radius 2 is 1.60 bits per heavy atom. The molecule has 5 heteroatoms. The van der Waals surface area contributed by atoms with Gasteiger partial charge in [0.25, 0.3) is 0 Å². The van der Waals surface area contributed by atoms with Crippen LogP contribution in [0.3, 0.4) is 0 Å². The summed E-state index contributed by atoms with van der Waals surface area (Å²) in [5, 5.41) is 10.4. The van der Waals surface area contributed by atoms with Crippen LogP contribution in [-0.4, -0.2) is 50.8 Å². The van der Waals surface area contributed by atoms with Crippen molar-refractivity contribution >= 4 is 17.8 Å². The van der Waals surface area contributed by atoms with Gasteiger partial charge >= 0.3 is 6.03 Å². The lowest BCUT2D eigenvalue weighted by Crippen LogP contribution is -2.40. The highest BCUT2D eigenvalue weighted by atomic mass is 32.2. The highest BCUT2D eigenvalue weighted by molar-refractivity contribution is 8.00. The van der Waals surface area contributed by atoms with Gasteiger partial charge in [-0.2, -0.15) is 0 Å². The van der Waals surface area contributed by atoms with Gasteiger partial charge < -0.3 is 14.9 Å². The summed E-state index contributed by atoms with van der Waals surface area (Å²) in [6.07, 6.45) is 0.843. The van der Waals surface area contributed by atoms with Gasteiger partial charge in [-0.1, -0.05) is 60.7 Å². The van der Waals surface area contributed by atoms with Gasteiger partial charge in [0, 0.05) is 18.8 Å². The Labute approximate surface area is 152 Å². The lowest BCUT2D eigenvalue weighted by atomic mass is 10.1. The number of urea groups is 1. The third-order valence-electron chi connectivity index (χ3n) is 5.06. The maximum atomic E-state index is 13.0. The Morgan fingerprint density at radius 1 is 0.960 bits per heavy atom. The standard InChI is InChI=1S/C20H22N2O2S/c23-19-18-17(14-25-19)21(12-11-15-7-3-1-4-8-15)20(24)22(18)13-16-9-5-2-6-10-16/h1-10,17-19,23H,11-14H2/t17-,18-,19?/m0/s1. The van der Waals surface area contributed by atoms with Crippen molar-refractivity contribution in [1.82, 2.24) is 9.80 Å². The van der Waals surface area contributed by atoms with Gasteiger partial charge in [-0.05, 0) is 17.5 Å². The predicted molar refractivity (Wildman–Crippen MR) is 100 cm³/mol. The van der Waals surface area contributed by atoms with Crippen molar-refractivity contribution in [3.8, 4) is 0 Å². The third kappa shape index (κ3) is 3.26. The number of hydrogen-bond acceptors (Lipinski definition) is 3. The number of aliphatic hydroxyl groups excluding tert-OH is 1. The number of thioether (sulfide) groups is 1. The topological polar surface area (TPSA) is 43.8 Å². The van der Waals surface area contributed by atoms with Crippen LogP contribution in [0.1, 0.15) is 11.1 Å². The summed E-state index contributed by atoms with van der Waals surface area (Å²) in [6, 6.07) is 20.3. The molecule has 3 atom stereocenters. The molecule has 2 amide bonds. The van der Waals surface area contributed by atoms with Crippen LogP contribution in [0, 0.1) is 0 Å². The molecule has 2 fully saturated rings. The van der Waals surface area contributed by atoms with Crippen LogP contribution < -0.4 is 0 Å². The normalized spacial score (nSPS) is 25.5. The van der Waals surface area contributed by atoms with Gasteiger partial charge in [0.1, 0.15) is 5.44 Å². The number of rotatable bonds is 5. The molecule has 2 aliphatic heterocycles. The van der Waals surface area contributed by atoms with E-state index >= 15 is 0 Å². The summed E-state index contributed by atoms with van der Waals surface area (Å²) in [7, 11) is 0. The molecule has 1 N–H and O–H groups in total. The van der Waals surface area contributed by atoms with Crippen molar-refractivity contribution in [3.05, 3.63) is 71.8 Å². The van der Waals surface area contributed by atoms with Crippen molar-refractivity contribution in [3.63, 3.8) is 0 Å². The minimum absolute atomic E-state index is 0.0501. The first-order valence-corrected chi connectivity index (χ1v) is 9.73. The van der Waals surface area contributed by atoms with E-state index < -0.39 is 5.44 Å². The quantitative estimate of drug-likeness (QED) is 0.840. The van der Waals surface area contributed by atoms with E-state index in [2.05, 4.69) is 12.1 Å². The molecule has 2 aromatic rings. The van der Waals surface area contributed by atoms with E-state index in [1.165, 1.54) is 5.56 Å². The van der Waals surface area contributed by atoms with E-state index in [1.54, 1.807) is 11.8 Å². The molecule has 0 aromatic heterocycles. The number of amides is 2. The SMILES string of the molecule is O=C1N(Cc2ccccc2)[C@@H]2C(O)SC[C@@H]2N1CCc1ccccc1. The fourth-order valence-electron chi connectivity index (χ4n) is 3.76. The Morgan fingerprint density at radius 3 is 2.28 bits per heavy atom.